The average Bonchev–Trinajstić information content (AvgIpc) is 2.65. The first-order valence-electron chi connectivity index (χ1n) is 10.1. The number of sulfone groups is 1. The second-order valence-electron chi connectivity index (χ2n) is 6.72. The van der Waals surface area contributed by atoms with Gasteiger partial charge in [-0.1, -0.05) is 26.0 Å². The summed E-state index contributed by atoms with van der Waals surface area (Å²) >= 11 is 0. The molecule has 9 heteroatoms. The van der Waals surface area contributed by atoms with E-state index in [9.17, 15) is 12.8 Å². The Morgan fingerprint density at radius 1 is 1.21 bits per heavy atom. The van der Waals surface area contributed by atoms with Gasteiger partial charge in [-0.15, -0.1) is 24.0 Å². The Morgan fingerprint density at radius 2 is 1.86 bits per heavy atom. The van der Waals surface area contributed by atoms with Crippen LogP contribution in [0.15, 0.2) is 34.2 Å². The van der Waals surface area contributed by atoms with E-state index in [0.29, 0.717) is 12.5 Å². The van der Waals surface area contributed by atoms with Gasteiger partial charge in [-0.3, -0.25) is 4.99 Å². The smallest absolute Gasteiger partial charge is 0.191 e. The monoisotopic (exact) mass is 542 g/mol. The predicted molar refractivity (Wildman–Crippen MR) is 129 cm³/mol. The first-order valence-corrected chi connectivity index (χ1v) is 11.7. The maximum Gasteiger partial charge on any atom is 0.191 e. The summed E-state index contributed by atoms with van der Waals surface area (Å²) in [7, 11) is -3.70. The van der Waals surface area contributed by atoms with Crippen molar-refractivity contribution >= 4 is 39.8 Å². The summed E-state index contributed by atoms with van der Waals surface area (Å²) in [6.45, 7) is 12.3. The summed E-state index contributed by atoms with van der Waals surface area (Å²) in [5, 5.41) is 6.45. The van der Waals surface area contributed by atoms with Crippen molar-refractivity contribution in [3.8, 4) is 0 Å². The largest absolute Gasteiger partial charge is 0.357 e. The van der Waals surface area contributed by atoms with Crippen molar-refractivity contribution in [2.75, 3.05) is 38.5 Å². The Kier molecular flexibility index (Phi) is 14.5. The van der Waals surface area contributed by atoms with E-state index in [1.165, 1.54) is 18.2 Å². The first-order chi connectivity index (χ1) is 13.3. The standard InChI is InChI=1S/C20H35FN4O2S.HI/c1-5-22-20(24-17(4)11-10-15-25(6-2)7-3)23-14-16-28(26,27)19-13-9-8-12-18(19)21;/h8-9,12-13,17H,5-7,10-11,14-16H2,1-4H3,(H2,22,23,24);1H. The minimum Gasteiger partial charge on any atom is -0.357 e. The lowest BCUT2D eigenvalue weighted by atomic mass is 10.2. The Labute approximate surface area is 192 Å². The molecule has 168 valence electrons. The molecule has 0 aliphatic carbocycles. The molecule has 0 aliphatic rings. The molecule has 0 spiro atoms. The van der Waals surface area contributed by atoms with Crippen molar-refractivity contribution < 1.29 is 12.8 Å². The maximum atomic E-state index is 13.7. The van der Waals surface area contributed by atoms with Gasteiger partial charge < -0.3 is 15.5 Å². The molecular weight excluding hydrogens is 506 g/mol. The molecule has 0 aliphatic heterocycles. The van der Waals surface area contributed by atoms with E-state index in [0.717, 1.165) is 38.5 Å². The van der Waals surface area contributed by atoms with Gasteiger partial charge in [0, 0.05) is 12.6 Å². The molecule has 1 aromatic rings. The highest BCUT2D eigenvalue weighted by Gasteiger charge is 2.18. The van der Waals surface area contributed by atoms with E-state index in [1.807, 2.05) is 6.92 Å². The summed E-state index contributed by atoms with van der Waals surface area (Å²) < 4.78 is 38.4. The number of hydrogen-bond acceptors (Lipinski definition) is 4. The fraction of sp³-hybridized carbons (Fsp3) is 0.650. The van der Waals surface area contributed by atoms with Crippen LogP contribution in [-0.4, -0.2) is 63.8 Å². The van der Waals surface area contributed by atoms with Crippen molar-refractivity contribution in [2.45, 2.75) is 51.5 Å². The van der Waals surface area contributed by atoms with Gasteiger partial charge in [0.1, 0.15) is 10.7 Å². The number of rotatable bonds is 12. The van der Waals surface area contributed by atoms with Gasteiger partial charge in [0.2, 0.25) is 0 Å². The van der Waals surface area contributed by atoms with Crippen LogP contribution in [0.2, 0.25) is 0 Å². The van der Waals surface area contributed by atoms with E-state index in [-0.39, 0.29) is 47.2 Å². The summed E-state index contributed by atoms with van der Waals surface area (Å²) in [5.74, 6) is -0.374. The Balaban J connectivity index is 0.00000784. The molecule has 0 saturated carbocycles. The van der Waals surface area contributed by atoms with Crippen LogP contribution in [-0.2, 0) is 9.84 Å². The topological polar surface area (TPSA) is 73.8 Å². The van der Waals surface area contributed by atoms with E-state index in [2.05, 4.69) is 41.3 Å². The van der Waals surface area contributed by atoms with E-state index < -0.39 is 15.7 Å². The minimum atomic E-state index is -3.70. The van der Waals surface area contributed by atoms with E-state index >= 15 is 0 Å². The normalized spacial score (nSPS) is 13.1. The van der Waals surface area contributed by atoms with Gasteiger partial charge in [0.15, 0.2) is 15.8 Å². The number of guanidine groups is 1. The molecule has 0 radical (unpaired) electrons. The van der Waals surface area contributed by atoms with Crippen LogP contribution in [0.5, 0.6) is 0 Å². The Morgan fingerprint density at radius 3 is 2.45 bits per heavy atom. The molecule has 0 fully saturated rings. The molecule has 1 aromatic carbocycles. The van der Waals surface area contributed by atoms with Crippen molar-refractivity contribution in [3.63, 3.8) is 0 Å². The van der Waals surface area contributed by atoms with Crippen LogP contribution in [0.4, 0.5) is 4.39 Å². The van der Waals surface area contributed by atoms with Crippen molar-refractivity contribution in [3.05, 3.63) is 30.1 Å². The number of benzene rings is 1. The van der Waals surface area contributed by atoms with E-state index in [4.69, 9.17) is 0 Å². The Bertz CT molecular complexity index is 712. The molecule has 1 unspecified atom stereocenters. The number of nitrogens with zero attached hydrogens (tertiary/aromatic N) is 2. The number of aliphatic imine (C=N–C) groups is 1. The molecule has 29 heavy (non-hydrogen) atoms. The number of halogens is 2. The lowest BCUT2D eigenvalue weighted by Crippen LogP contribution is -2.42. The summed E-state index contributed by atoms with van der Waals surface area (Å²) in [4.78, 5) is 6.47. The van der Waals surface area contributed by atoms with Gasteiger partial charge in [-0.2, -0.15) is 0 Å². The fourth-order valence-corrected chi connectivity index (χ4v) is 4.07. The molecule has 0 bridgehead atoms. The van der Waals surface area contributed by atoms with Crippen LogP contribution < -0.4 is 10.6 Å². The zero-order valence-corrected chi connectivity index (χ0v) is 21.1. The summed E-state index contributed by atoms with van der Waals surface area (Å²) in [6, 6.07) is 5.65. The highest BCUT2D eigenvalue weighted by atomic mass is 127. The number of nitrogens with one attached hydrogen (secondary N) is 2. The third kappa shape index (κ3) is 10.6. The van der Waals surface area contributed by atoms with Gasteiger partial charge in [-0.05, 0) is 58.5 Å². The second-order valence-corrected chi connectivity index (χ2v) is 8.80. The summed E-state index contributed by atoms with van der Waals surface area (Å²) in [6.07, 6.45) is 2.07. The highest BCUT2D eigenvalue weighted by molar-refractivity contribution is 14.0. The molecular formula is C20H36FIN4O2S. The molecule has 0 aromatic heterocycles. The summed E-state index contributed by atoms with van der Waals surface area (Å²) in [5.41, 5.74) is 0. The lowest BCUT2D eigenvalue weighted by molar-refractivity contribution is 0.292. The fourth-order valence-electron chi connectivity index (χ4n) is 2.87. The van der Waals surface area contributed by atoms with Crippen LogP contribution in [0.3, 0.4) is 0 Å². The molecule has 0 amide bonds. The zero-order valence-electron chi connectivity index (χ0n) is 17.9. The second kappa shape index (κ2) is 15.0. The minimum absolute atomic E-state index is 0. The van der Waals surface area contributed by atoms with Crippen LogP contribution in [0, 0.1) is 5.82 Å². The Hall–Kier alpha value is -0.940. The van der Waals surface area contributed by atoms with Gasteiger partial charge >= 0.3 is 0 Å². The van der Waals surface area contributed by atoms with Crippen molar-refractivity contribution in [2.24, 2.45) is 4.99 Å². The van der Waals surface area contributed by atoms with E-state index in [1.54, 1.807) is 0 Å². The molecule has 2 N–H and O–H groups in total. The SMILES string of the molecule is CCNC(=NCCS(=O)(=O)c1ccccc1F)NC(C)CCCN(CC)CC.I. The van der Waals surface area contributed by atoms with Crippen LogP contribution in [0.1, 0.15) is 40.5 Å². The van der Waals surface area contributed by atoms with Crippen molar-refractivity contribution in [1.82, 2.24) is 15.5 Å². The lowest BCUT2D eigenvalue weighted by Gasteiger charge is -2.21. The van der Waals surface area contributed by atoms with Gasteiger partial charge in [0.05, 0.1) is 12.3 Å². The predicted octanol–water partition coefficient (Wildman–Crippen LogP) is 3.28. The van der Waals surface area contributed by atoms with Gasteiger partial charge in [-0.25, -0.2) is 12.8 Å². The first kappa shape index (κ1) is 28.1. The number of hydrogen-bond donors (Lipinski definition) is 2. The molecule has 0 saturated heterocycles. The molecule has 0 heterocycles. The van der Waals surface area contributed by atoms with Crippen LogP contribution in [0.25, 0.3) is 0 Å². The molecule has 6 nitrogen and oxygen atoms in total. The average molecular weight is 543 g/mol. The van der Waals surface area contributed by atoms with Crippen molar-refractivity contribution in [1.29, 1.82) is 0 Å². The van der Waals surface area contributed by atoms with Crippen LogP contribution >= 0.6 is 24.0 Å². The molecule has 1 rings (SSSR count). The maximum absolute atomic E-state index is 13.7. The quantitative estimate of drug-likeness (QED) is 0.241. The zero-order chi connectivity index (χ0) is 21.0. The van der Waals surface area contributed by atoms with Gasteiger partial charge in [0.25, 0.3) is 0 Å². The molecule has 1 atom stereocenters. The third-order valence-corrected chi connectivity index (χ3v) is 6.26. The highest BCUT2D eigenvalue weighted by Crippen LogP contribution is 2.15. The third-order valence-electron chi connectivity index (χ3n) is 4.53.